The van der Waals surface area contributed by atoms with Crippen molar-refractivity contribution in [1.29, 1.82) is 0 Å². The lowest BCUT2D eigenvalue weighted by molar-refractivity contribution is -0.118. The number of amides is 2. The van der Waals surface area contributed by atoms with Crippen molar-refractivity contribution in [3.63, 3.8) is 0 Å². The molecule has 0 radical (unpaired) electrons. The van der Waals surface area contributed by atoms with Crippen molar-refractivity contribution in [2.75, 3.05) is 24.5 Å². The van der Waals surface area contributed by atoms with Crippen LogP contribution in [0.5, 0.6) is 0 Å². The fourth-order valence-electron chi connectivity index (χ4n) is 3.43. The Balaban J connectivity index is 1.81. The van der Waals surface area contributed by atoms with Crippen LogP contribution >= 0.6 is 0 Å². The van der Waals surface area contributed by atoms with E-state index in [9.17, 15) is 9.59 Å². The summed E-state index contributed by atoms with van der Waals surface area (Å²) in [6.45, 7) is 6.63. The van der Waals surface area contributed by atoms with Gasteiger partial charge in [-0.1, -0.05) is 6.92 Å². The first-order chi connectivity index (χ1) is 10.6. The maximum atomic E-state index is 12.7. The third-order valence-electron chi connectivity index (χ3n) is 4.91. The Morgan fingerprint density at radius 1 is 1.23 bits per heavy atom. The quantitative estimate of drug-likeness (QED) is 0.842. The molecule has 0 spiro atoms. The van der Waals surface area contributed by atoms with Crippen molar-refractivity contribution >= 4 is 17.5 Å². The molecule has 4 nitrogen and oxygen atoms in total. The molecule has 2 amide bonds. The second-order valence-electron chi connectivity index (χ2n) is 6.46. The minimum absolute atomic E-state index is 0.134. The largest absolute Gasteiger partial charge is 0.339 e. The Hall–Kier alpha value is -1.84. The number of aryl methyl sites for hydroxylation is 1. The van der Waals surface area contributed by atoms with Crippen LogP contribution in [-0.4, -0.2) is 36.3 Å². The summed E-state index contributed by atoms with van der Waals surface area (Å²) in [4.78, 5) is 28.4. The van der Waals surface area contributed by atoms with Crippen LogP contribution in [0.2, 0.25) is 0 Å². The molecule has 118 valence electrons. The average molecular weight is 300 g/mol. The van der Waals surface area contributed by atoms with Crippen LogP contribution in [0, 0.1) is 5.92 Å². The maximum absolute atomic E-state index is 12.7. The molecule has 3 rings (SSSR count). The summed E-state index contributed by atoms with van der Waals surface area (Å²) in [5.41, 5.74) is 2.86. The number of hydrogen-bond acceptors (Lipinski definition) is 2. The number of hydrogen-bond donors (Lipinski definition) is 0. The normalized spacial score (nSPS) is 19.3. The molecular formula is C18H24N2O2. The maximum Gasteiger partial charge on any atom is 0.253 e. The van der Waals surface area contributed by atoms with Crippen molar-refractivity contribution in [2.24, 2.45) is 5.92 Å². The number of piperidine rings is 1. The van der Waals surface area contributed by atoms with E-state index in [0.29, 0.717) is 13.0 Å². The zero-order chi connectivity index (χ0) is 15.7. The van der Waals surface area contributed by atoms with Crippen molar-refractivity contribution in [3.8, 4) is 0 Å². The second-order valence-corrected chi connectivity index (χ2v) is 6.46. The average Bonchev–Trinajstić information content (AvgIpc) is 2.54. The molecule has 0 bridgehead atoms. The summed E-state index contributed by atoms with van der Waals surface area (Å²) in [5.74, 6) is 1.03. The van der Waals surface area contributed by atoms with Crippen LogP contribution in [0.3, 0.4) is 0 Å². The molecular weight excluding hydrogens is 276 g/mol. The van der Waals surface area contributed by atoms with Gasteiger partial charge in [0.25, 0.3) is 5.91 Å². The second kappa shape index (κ2) is 6.11. The summed E-state index contributed by atoms with van der Waals surface area (Å²) in [5, 5.41) is 0. The third kappa shape index (κ3) is 2.74. The van der Waals surface area contributed by atoms with E-state index in [0.717, 1.165) is 55.1 Å². The SMILES string of the molecule is CCN1C(=O)CCc2cc(C(=O)N3CCC(C)CC3)ccc21. The molecule has 0 aliphatic carbocycles. The lowest BCUT2D eigenvalue weighted by Crippen LogP contribution is -2.38. The summed E-state index contributed by atoms with van der Waals surface area (Å²) < 4.78 is 0. The molecule has 2 aliphatic rings. The molecule has 0 saturated carbocycles. The Kier molecular flexibility index (Phi) is 4.19. The van der Waals surface area contributed by atoms with Gasteiger partial charge in [0.15, 0.2) is 0 Å². The van der Waals surface area contributed by atoms with E-state index in [1.54, 1.807) is 0 Å². The molecule has 0 unspecified atom stereocenters. The van der Waals surface area contributed by atoms with E-state index >= 15 is 0 Å². The van der Waals surface area contributed by atoms with Gasteiger partial charge in [-0.05, 0) is 55.9 Å². The fourth-order valence-corrected chi connectivity index (χ4v) is 3.43. The first kappa shape index (κ1) is 15.1. The number of anilines is 1. The van der Waals surface area contributed by atoms with E-state index in [-0.39, 0.29) is 11.8 Å². The number of carbonyl (C=O) groups is 2. The predicted octanol–water partition coefficient (Wildman–Crippen LogP) is 2.86. The molecule has 1 saturated heterocycles. The molecule has 2 aliphatic heterocycles. The minimum atomic E-state index is 0.134. The Morgan fingerprint density at radius 3 is 2.64 bits per heavy atom. The van der Waals surface area contributed by atoms with Gasteiger partial charge < -0.3 is 9.80 Å². The molecule has 1 aromatic carbocycles. The highest BCUT2D eigenvalue weighted by molar-refractivity contribution is 5.99. The van der Waals surface area contributed by atoms with Gasteiger partial charge in [0.05, 0.1) is 0 Å². The molecule has 0 aromatic heterocycles. The highest BCUT2D eigenvalue weighted by Gasteiger charge is 2.26. The van der Waals surface area contributed by atoms with Crippen LogP contribution in [-0.2, 0) is 11.2 Å². The third-order valence-corrected chi connectivity index (χ3v) is 4.91. The smallest absolute Gasteiger partial charge is 0.253 e. The van der Waals surface area contributed by atoms with Crippen LogP contribution in [0.25, 0.3) is 0 Å². The first-order valence-corrected chi connectivity index (χ1v) is 8.32. The Morgan fingerprint density at radius 2 is 1.95 bits per heavy atom. The van der Waals surface area contributed by atoms with Gasteiger partial charge in [-0.15, -0.1) is 0 Å². The van der Waals surface area contributed by atoms with Crippen molar-refractivity contribution in [3.05, 3.63) is 29.3 Å². The van der Waals surface area contributed by atoms with Gasteiger partial charge in [-0.2, -0.15) is 0 Å². The summed E-state index contributed by atoms with van der Waals surface area (Å²) in [6, 6.07) is 5.81. The molecule has 0 N–H and O–H groups in total. The Bertz CT molecular complexity index is 589. The fraction of sp³-hybridized carbons (Fsp3) is 0.556. The van der Waals surface area contributed by atoms with Crippen molar-refractivity contribution < 1.29 is 9.59 Å². The summed E-state index contributed by atoms with van der Waals surface area (Å²) in [7, 11) is 0. The van der Waals surface area contributed by atoms with E-state index in [2.05, 4.69) is 6.92 Å². The minimum Gasteiger partial charge on any atom is -0.339 e. The van der Waals surface area contributed by atoms with Gasteiger partial charge in [-0.25, -0.2) is 0 Å². The molecule has 22 heavy (non-hydrogen) atoms. The molecule has 1 fully saturated rings. The highest BCUT2D eigenvalue weighted by Crippen LogP contribution is 2.29. The number of likely N-dealkylation sites (tertiary alicyclic amines) is 1. The monoisotopic (exact) mass is 300 g/mol. The summed E-state index contributed by atoms with van der Waals surface area (Å²) in [6.07, 6.45) is 3.46. The number of nitrogens with zero attached hydrogens (tertiary/aromatic N) is 2. The molecule has 0 atom stereocenters. The zero-order valence-electron chi connectivity index (χ0n) is 13.5. The van der Waals surface area contributed by atoms with Gasteiger partial charge in [-0.3, -0.25) is 9.59 Å². The van der Waals surface area contributed by atoms with E-state index in [4.69, 9.17) is 0 Å². The zero-order valence-corrected chi connectivity index (χ0v) is 13.5. The molecule has 2 heterocycles. The van der Waals surface area contributed by atoms with E-state index in [1.165, 1.54) is 0 Å². The van der Waals surface area contributed by atoms with Crippen LogP contribution in [0.15, 0.2) is 18.2 Å². The Labute approximate surface area is 132 Å². The summed E-state index contributed by atoms with van der Waals surface area (Å²) >= 11 is 0. The van der Waals surface area contributed by atoms with Crippen LogP contribution < -0.4 is 4.90 Å². The van der Waals surface area contributed by atoms with Gasteiger partial charge in [0.1, 0.15) is 0 Å². The predicted molar refractivity (Wildman–Crippen MR) is 87.1 cm³/mol. The lowest BCUT2D eigenvalue weighted by Gasteiger charge is -2.31. The number of fused-ring (bicyclic) bond motifs is 1. The van der Waals surface area contributed by atoms with Crippen molar-refractivity contribution in [1.82, 2.24) is 4.90 Å². The highest BCUT2D eigenvalue weighted by atomic mass is 16.2. The van der Waals surface area contributed by atoms with Crippen molar-refractivity contribution in [2.45, 2.75) is 39.5 Å². The first-order valence-electron chi connectivity index (χ1n) is 8.32. The topological polar surface area (TPSA) is 40.6 Å². The standard InChI is InChI=1S/C18H24N2O2/c1-3-20-16-6-4-15(12-14(16)5-7-17(20)21)18(22)19-10-8-13(2)9-11-19/h4,6,12-13H,3,5,7-11H2,1-2H3. The lowest BCUT2D eigenvalue weighted by atomic mass is 9.96. The van der Waals surface area contributed by atoms with E-state index < -0.39 is 0 Å². The number of benzene rings is 1. The molecule has 1 aromatic rings. The van der Waals surface area contributed by atoms with Gasteiger partial charge in [0.2, 0.25) is 5.91 Å². The number of carbonyl (C=O) groups excluding carboxylic acids is 2. The van der Waals surface area contributed by atoms with Crippen LogP contribution in [0.1, 0.15) is 49.0 Å². The van der Waals surface area contributed by atoms with Gasteiger partial charge in [0, 0.05) is 37.3 Å². The number of rotatable bonds is 2. The molecule has 4 heteroatoms. The van der Waals surface area contributed by atoms with E-state index in [1.807, 2.05) is 34.9 Å². The van der Waals surface area contributed by atoms with Crippen LogP contribution in [0.4, 0.5) is 5.69 Å². The van der Waals surface area contributed by atoms with Gasteiger partial charge >= 0.3 is 0 Å².